The topological polar surface area (TPSA) is 107 Å². The van der Waals surface area contributed by atoms with Crippen LogP contribution in [0.15, 0.2) is 84.9 Å². The molecule has 2 aliphatic heterocycles. The summed E-state index contributed by atoms with van der Waals surface area (Å²) in [5, 5.41) is 20.3. The number of alkyl halides is 2. The van der Waals surface area contributed by atoms with Gasteiger partial charge in [0.2, 0.25) is 0 Å². The second-order valence-corrected chi connectivity index (χ2v) is 14.5. The molecule has 1 aliphatic carbocycles. The molecule has 7 rings (SSSR count). The molecule has 0 bridgehead atoms. The molecule has 10 heteroatoms. The predicted molar refractivity (Wildman–Crippen MR) is 209 cm³/mol. The zero-order valence-corrected chi connectivity index (χ0v) is 32.7. The maximum Gasteiger partial charge on any atom is 0.254 e. The van der Waals surface area contributed by atoms with Crippen molar-refractivity contribution in [3.63, 3.8) is 0 Å². The van der Waals surface area contributed by atoms with Crippen molar-refractivity contribution in [1.29, 1.82) is 10.5 Å². The minimum Gasteiger partial charge on any atom is -0.497 e. The van der Waals surface area contributed by atoms with Gasteiger partial charge in [0.1, 0.15) is 11.5 Å². The normalized spacial score (nSPS) is 15.0. The molecule has 0 aromatic heterocycles. The number of amides is 2. The molecule has 268 valence electrons. The number of methoxy groups -OCH3 is 2. The quantitative estimate of drug-likeness (QED) is 0.158. The molecule has 0 unspecified atom stereocenters. The highest BCUT2D eigenvalue weighted by Crippen LogP contribution is 2.48. The highest BCUT2D eigenvalue weighted by atomic mass is 79.9. The SMILES string of the molecule is BrCCBr.COc1ccc(CN2CCc3cc(C4(C#N)CC4)ccc3C2=O)cc1.COc1ccc(CN2CCc3cc(CC#N)ccc3C2=O)cc1. The summed E-state index contributed by atoms with van der Waals surface area (Å²) in [4.78, 5) is 29.2. The summed E-state index contributed by atoms with van der Waals surface area (Å²) in [6, 6.07) is 31.8. The number of ether oxygens (including phenoxy) is 2. The van der Waals surface area contributed by atoms with Gasteiger partial charge in [-0.1, -0.05) is 80.4 Å². The smallest absolute Gasteiger partial charge is 0.254 e. The van der Waals surface area contributed by atoms with Gasteiger partial charge in [-0.25, -0.2) is 0 Å². The molecule has 2 heterocycles. The molecule has 4 aromatic rings. The molecule has 52 heavy (non-hydrogen) atoms. The number of nitrogens with zero attached hydrogens (tertiary/aromatic N) is 4. The summed E-state index contributed by atoms with van der Waals surface area (Å²) < 4.78 is 10.3. The molecule has 0 N–H and O–H groups in total. The summed E-state index contributed by atoms with van der Waals surface area (Å²) in [6.07, 6.45) is 3.92. The Bertz CT molecular complexity index is 1940. The minimum absolute atomic E-state index is 0.0607. The van der Waals surface area contributed by atoms with Crippen molar-refractivity contribution in [2.45, 2.75) is 50.6 Å². The Labute approximate surface area is 323 Å². The number of nitriles is 2. The van der Waals surface area contributed by atoms with E-state index < -0.39 is 0 Å². The van der Waals surface area contributed by atoms with Gasteiger partial charge in [-0.05, 0) is 95.5 Å². The number of carbonyl (C=O) groups is 2. The lowest BCUT2D eigenvalue weighted by Gasteiger charge is -2.29. The van der Waals surface area contributed by atoms with E-state index in [0.717, 1.165) is 92.4 Å². The molecule has 0 spiro atoms. The van der Waals surface area contributed by atoms with Gasteiger partial charge in [-0.3, -0.25) is 9.59 Å². The van der Waals surface area contributed by atoms with Crippen molar-refractivity contribution in [1.82, 2.24) is 9.80 Å². The lowest BCUT2D eigenvalue weighted by atomic mass is 9.90. The van der Waals surface area contributed by atoms with Gasteiger partial charge < -0.3 is 19.3 Å². The molecule has 2 amide bonds. The van der Waals surface area contributed by atoms with Crippen LogP contribution in [0.1, 0.15) is 66.9 Å². The van der Waals surface area contributed by atoms with Crippen LogP contribution >= 0.6 is 31.9 Å². The van der Waals surface area contributed by atoms with Crippen LogP contribution in [0.3, 0.4) is 0 Å². The predicted octanol–water partition coefficient (Wildman–Crippen LogP) is 8.18. The number of fused-ring (bicyclic) bond motifs is 2. The van der Waals surface area contributed by atoms with E-state index in [-0.39, 0.29) is 17.2 Å². The van der Waals surface area contributed by atoms with Crippen molar-refractivity contribution in [3.05, 3.63) is 129 Å². The van der Waals surface area contributed by atoms with Gasteiger partial charge in [0.15, 0.2) is 0 Å². The number of hydrogen-bond donors (Lipinski definition) is 0. The second-order valence-electron chi connectivity index (χ2n) is 12.9. The Morgan fingerprint density at radius 3 is 1.56 bits per heavy atom. The first-order valence-corrected chi connectivity index (χ1v) is 19.5. The second kappa shape index (κ2) is 18.2. The lowest BCUT2D eigenvalue weighted by molar-refractivity contribution is 0.0719. The molecule has 8 nitrogen and oxygen atoms in total. The van der Waals surface area contributed by atoms with Crippen LogP contribution in [0.2, 0.25) is 0 Å². The number of benzene rings is 4. The highest BCUT2D eigenvalue weighted by molar-refractivity contribution is 9.11. The first kappa shape index (κ1) is 38.6. The Morgan fingerprint density at radius 1 is 0.673 bits per heavy atom. The molecule has 1 fully saturated rings. The molecule has 1 saturated carbocycles. The van der Waals surface area contributed by atoms with E-state index in [9.17, 15) is 14.9 Å². The molecule has 0 saturated heterocycles. The third kappa shape index (κ3) is 9.42. The lowest BCUT2D eigenvalue weighted by Crippen LogP contribution is -2.37. The standard InChI is InChI=1S/C21H20N2O2.C19H18N2O2.C2H4Br2/c1-25-18-5-2-15(3-6-18)13-23-11-8-16-12-17(21(14-22)9-10-21)4-7-19(16)20(23)24;1-23-17-5-2-15(3-6-17)13-21-11-9-16-12-14(8-10-20)4-7-18(16)19(21)22;3-1-2-4/h2-7,12H,8-11,13H2,1H3;2-7,12H,8-9,11,13H2,1H3;1-2H2. The van der Waals surface area contributed by atoms with Crippen LogP contribution in [0.5, 0.6) is 11.5 Å². The summed E-state index contributed by atoms with van der Waals surface area (Å²) in [5.74, 6) is 1.77. The third-order valence-electron chi connectivity index (χ3n) is 9.55. The number of carbonyl (C=O) groups excluding carboxylic acids is 2. The summed E-state index contributed by atoms with van der Waals surface area (Å²) in [6.45, 7) is 2.61. The Morgan fingerprint density at radius 2 is 1.13 bits per heavy atom. The van der Waals surface area contributed by atoms with Gasteiger partial charge in [0.05, 0.1) is 38.2 Å². The minimum atomic E-state index is -0.293. The fourth-order valence-corrected chi connectivity index (χ4v) is 6.42. The van der Waals surface area contributed by atoms with Crippen molar-refractivity contribution < 1.29 is 19.1 Å². The fraction of sp³-hybridized carbons (Fsp3) is 0.333. The molecular weight excluding hydrogens is 784 g/mol. The van der Waals surface area contributed by atoms with E-state index in [1.807, 2.05) is 88.7 Å². The number of rotatable bonds is 9. The van der Waals surface area contributed by atoms with E-state index in [4.69, 9.17) is 14.7 Å². The first-order chi connectivity index (χ1) is 25.3. The van der Waals surface area contributed by atoms with Crippen LogP contribution in [0.25, 0.3) is 0 Å². The van der Waals surface area contributed by atoms with Crippen LogP contribution < -0.4 is 9.47 Å². The van der Waals surface area contributed by atoms with Crippen LogP contribution in [0, 0.1) is 22.7 Å². The van der Waals surface area contributed by atoms with Crippen molar-refractivity contribution in [2.24, 2.45) is 0 Å². The molecule has 4 aromatic carbocycles. The average Bonchev–Trinajstić information content (AvgIpc) is 4.00. The maximum atomic E-state index is 12.8. The van der Waals surface area contributed by atoms with Gasteiger partial charge in [0.25, 0.3) is 11.8 Å². The average molecular weight is 827 g/mol. The molecule has 3 aliphatic rings. The number of hydrogen-bond acceptors (Lipinski definition) is 6. The third-order valence-corrected chi connectivity index (χ3v) is 11.4. The first-order valence-electron chi connectivity index (χ1n) is 17.3. The van der Waals surface area contributed by atoms with Crippen molar-refractivity contribution >= 4 is 43.7 Å². The Balaban J connectivity index is 0.000000183. The zero-order valence-electron chi connectivity index (χ0n) is 29.5. The van der Waals surface area contributed by atoms with E-state index in [2.05, 4.69) is 50.1 Å². The van der Waals surface area contributed by atoms with Gasteiger partial charge in [-0.2, -0.15) is 10.5 Å². The largest absolute Gasteiger partial charge is 0.497 e. The summed E-state index contributed by atoms with van der Waals surface area (Å²) in [7, 11) is 3.28. The van der Waals surface area contributed by atoms with Gasteiger partial charge in [0, 0.05) is 48.0 Å². The van der Waals surface area contributed by atoms with Crippen molar-refractivity contribution in [3.8, 4) is 23.6 Å². The van der Waals surface area contributed by atoms with Crippen LogP contribution in [-0.2, 0) is 37.8 Å². The maximum absolute atomic E-state index is 12.8. The zero-order chi connectivity index (χ0) is 37.1. The van der Waals surface area contributed by atoms with Crippen LogP contribution in [-0.4, -0.2) is 59.6 Å². The van der Waals surface area contributed by atoms with Gasteiger partial charge >= 0.3 is 0 Å². The van der Waals surface area contributed by atoms with E-state index in [0.29, 0.717) is 32.6 Å². The van der Waals surface area contributed by atoms with E-state index in [1.54, 1.807) is 14.2 Å². The molecule has 0 atom stereocenters. The fourth-order valence-electron chi connectivity index (χ4n) is 6.42. The Hall–Kier alpha value is -4.64. The van der Waals surface area contributed by atoms with Gasteiger partial charge in [-0.15, -0.1) is 0 Å². The van der Waals surface area contributed by atoms with Crippen molar-refractivity contribution in [2.75, 3.05) is 38.0 Å². The Kier molecular flexibility index (Phi) is 13.5. The molecule has 0 radical (unpaired) electrons. The van der Waals surface area contributed by atoms with E-state index in [1.165, 1.54) is 0 Å². The molecular formula is C42H42Br2N4O4. The highest BCUT2D eigenvalue weighted by Gasteiger charge is 2.45. The monoisotopic (exact) mass is 824 g/mol. The summed E-state index contributed by atoms with van der Waals surface area (Å²) >= 11 is 6.40. The summed E-state index contributed by atoms with van der Waals surface area (Å²) in [5.41, 5.74) is 7.60. The van der Waals surface area contributed by atoms with Crippen LogP contribution in [0.4, 0.5) is 0 Å². The number of halogens is 2. The van der Waals surface area contributed by atoms with E-state index >= 15 is 0 Å².